The van der Waals surface area contributed by atoms with E-state index >= 15 is 0 Å². The van der Waals surface area contributed by atoms with Gasteiger partial charge in [-0.2, -0.15) is 0 Å². The average Bonchev–Trinajstić information content (AvgIpc) is 2.85. The molecule has 0 fully saturated rings. The summed E-state index contributed by atoms with van der Waals surface area (Å²) in [5.41, 5.74) is 7.38. The van der Waals surface area contributed by atoms with E-state index in [9.17, 15) is 4.79 Å². The van der Waals surface area contributed by atoms with Crippen LogP contribution < -0.4 is 5.32 Å². The van der Waals surface area contributed by atoms with Gasteiger partial charge in [0, 0.05) is 17.5 Å². The zero-order chi connectivity index (χ0) is 25.1. The molecule has 3 aromatic rings. The lowest BCUT2D eigenvalue weighted by Gasteiger charge is -2.43. The van der Waals surface area contributed by atoms with Crippen LogP contribution in [0.3, 0.4) is 0 Å². The van der Waals surface area contributed by atoms with E-state index in [0.29, 0.717) is 5.56 Å². The fraction of sp³-hybridized carbons (Fsp3) is 0.290. The summed E-state index contributed by atoms with van der Waals surface area (Å²) >= 11 is 0. The van der Waals surface area contributed by atoms with E-state index in [1.807, 2.05) is 36.5 Å². The van der Waals surface area contributed by atoms with Gasteiger partial charge in [-0.05, 0) is 71.2 Å². The van der Waals surface area contributed by atoms with Crippen molar-refractivity contribution in [3.63, 3.8) is 0 Å². The summed E-state index contributed by atoms with van der Waals surface area (Å²) in [6.07, 6.45) is 5.75. The summed E-state index contributed by atoms with van der Waals surface area (Å²) in [6, 6.07) is 21.9. The Bertz CT molecular complexity index is 1240. The van der Waals surface area contributed by atoms with Gasteiger partial charge in [-0.25, -0.2) is 4.79 Å². The highest BCUT2D eigenvalue weighted by atomic mass is 16.5. The number of aliphatic imine (C=N–C) groups is 1. The van der Waals surface area contributed by atoms with E-state index in [-0.39, 0.29) is 23.4 Å². The monoisotopic (exact) mass is 466 g/mol. The Labute approximate surface area is 208 Å². The smallest absolute Gasteiger partial charge is 0.338 e. The largest absolute Gasteiger partial charge is 0.458 e. The standard InChI is InChI=1S/C31H34N2O2/c1-6-20-35-29(34)22-12-15-24(16-13-22)32-21-23-14-17-26-27(31(4,5)19-18-30(26,2)3)28(23)33-25-10-8-7-9-11-25/h6-17,21,33H,1,18-20H2,2-5H3. The first-order valence-electron chi connectivity index (χ1n) is 12.1. The SMILES string of the molecule is C=CCOC(=O)c1ccc(N=Cc2ccc3c(c2Nc2ccccc2)C(C)(C)CCC3(C)C)cc1. The van der Waals surface area contributed by atoms with E-state index in [1.165, 1.54) is 11.1 Å². The Hall–Kier alpha value is -3.66. The molecule has 0 amide bonds. The van der Waals surface area contributed by atoms with E-state index in [0.717, 1.165) is 35.5 Å². The lowest BCUT2D eigenvalue weighted by Crippen LogP contribution is -2.34. The van der Waals surface area contributed by atoms with Crippen LogP contribution in [0.25, 0.3) is 0 Å². The first kappa shape index (κ1) is 24.5. The van der Waals surface area contributed by atoms with E-state index < -0.39 is 0 Å². The molecule has 0 aromatic heterocycles. The molecule has 4 heteroatoms. The molecule has 0 heterocycles. The zero-order valence-corrected chi connectivity index (χ0v) is 21.1. The molecule has 0 atom stereocenters. The maximum absolute atomic E-state index is 12.0. The van der Waals surface area contributed by atoms with Crippen molar-refractivity contribution in [3.05, 3.63) is 102 Å². The average molecular weight is 467 g/mol. The molecule has 0 unspecified atom stereocenters. The van der Waals surface area contributed by atoms with Crippen LogP contribution in [0, 0.1) is 0 Å². The van der Waals surface area contributed by atoms with Gasteiger partial charge in [-0.3, -0.25) is 4.99 Å². The first-order chi connectivity index (χ1) is 16.7. The van der Waals surface area contributed by atoms with Crippen LogP contribution in [0.5, 0.6) is 0 Å². The minimum Gasteiger partial charge on any atom is -0.458 e. The van der Waals surface area contributed by atoms with E-state index in [2.05, 4.69) is 63.9 Å². The van der Waals surface area contributed by atoms with Crippen molar-refractivity contribution < 1.29 is 9.53 Å². The molecule has 0 spiro atoms. The summed E-state index contributed by atoms with van der Waals surface area (Å²) in [6.45, 7) is 13.1. The molecule has 0 radical (unpaired) electrons. The van der Waals surface area contributed by atoms with Crippen LogP contribution in [-0.4, -0.2) is 18.8 Å². The highest BCUT2D eigenvalue weighted by Crippen LogP contribution is 2.49. The highest BCUT2D eigenvalue weighted by molar-refractivity contribution is 5.93. The highest BCUT2D eigenvalue weighted by Gasteiger charge is 2.39. The molecular formula is C31H34N2O2. The second-order valence-corrected chi connectivity index (χ2v) is 10.4. The summed E-state index contributed by atoms with van der Waals surface area (Å²) < 4.78 is 5.10. The van der Waals surface area contributed by atoms with Crippen molar-refractivity contribution in [2.24, 2.45) is 4.99 Å². The summed E-state index contributed by atoms with van der Waals surface area (Å²) in [5.74, 6) is -0.366. The van der Waals surface area contributed by atoms with Gasteiger partial charge in [0.05, 0.1) is 16.9 Å². The molecule has 1 aliphatic rings. The third kappa shape index (κ3) is 5.37. The predicted octanol–water partition coefficient (Wildman–Crippen LogP) is 7.87. The molecule has 0 aliphatic heterocycles. The van der Waals surface area contributed by atoms with Gasteiger partial charge in [-0.1, -0.05) is 70.7 Å². The number of esters is 1. The Morgan fingerprint density at radius 3 is 2.34 bits per heavy atom. The van der Waals surface area contributed by atoms with Gasteiger partial charge < -0.3 is 10.1 Å². The number of anilines is 2. The molecule has 1 N–H and O–H groups in total. The number of rotatable bonds is 7. The van der Waals surface area contributed by atoms with Crippen LogP contribution in [0.4, 0.5) is 17.1 Å². The Morgan fingerprint density at radius 2 is 1.66 bits per heavy atom. The number of benzene rings is 3. The molecule has 1 aliphatic carbocycles. The van der Waals surface area contributed by atoms with Crippen molar-refractivity contribution in [1.29, 1.82) is 0 Å². The topological polar surface area (TPSA) is 50.7 Å². The maximum atomic E-state index is 12.0. The number of fused-ring (bicyclic) bond motifs is 1. The lowest BCUT2D eigenvalue weighted by molar-refractivity contribution is 0.0550. The van der Waals surface area contributed by atoms with Crippen molar-refractivity contribution in [3.8, 4) is 0 Å². The number of carbonyl (C=O) groups excluding carboxylic acids is 1. The van der Waals surface area contributed by atoms with E-state index in [1.54, 1.807) is 18.2 Å². The van der Waals surface area contributed by atoms with E-state index in [4.69, 9.17) is 9.73 Å². The van der Waals surface area contributed by atoms with Crippen LogP contribution >= 0.6 is 0 Å². The normalized spacial score (nSPS) is 15.9. The molecule has 4 rings (SSSR count). The summed E-state index contributed by atoms with van der Waals surface area (Å²) in [4.78, 5) is 16.8. The van der Waals surface area contributed by atoms with Crippen LogP contribution in [0.2, 0.25) is 0 Å². The molecule has 4 nitrogen and oxygen atoms in total. The number of hydrogen-bond donors (Lipinski definition) is 1. The number of nitrogens with zero attached hydrogens (tertiary/aromatic N) is 1. The molecule has 180 valence electrons. The number of carbonyl (C=O) groups is 1. The van der Waals surface area contributed by atoms with Crippen LogP contribution in [-0.2, 0) is 15.6 Å². The molecule has 0 saturated heterocycles. The third-order valence-electron chi connectivity index (χ3n) is 6.85. The lowest BCUT2D eigenvalue weighted by atomic mass is 9.62. The summed E-state index contributed by atoms with van der Waals surface area (Å²) in [5, 5.41) is 3.71. The Kier molecular flexibility index (Phi) is 6.93. The first-order valence-corrected chi connectivity index (χ1v) is 12.1. The Morgan fingerprint density at radius 1 is 0.971 bits per heavy atom. The minimum absolute atomic E-state index is 0.0409. The van der Waals surface area contributed by atoms with Gasteiger partial charge in [0.1, 0.15) is 6.61 Å². The van der Waals surface area contributed by atoms with Gasteiger partial charge in [0.15, 0.2) is 0 Å². The third-order valence-corrected chi connectivity index (χ3v) is 6.85. The van der Waals surface area contributed by atoms with Gasteiger partial charge >= 0.3 is 5.97 Å². The predicted molar refractivity (Wildman–Crippen MR) is 146 cm³/mol. The Balaban J connectivity index is 1.73. The van der Waals surface area contributed by atoms with Crippen molar-refractivity contribution in [2.75, 3.05) is 11.9 Å². The molecular weight excluding hydrogens is 432 g/mol. The fourth-order valence-corrected chi connectivity index (χ4v) is 4.72. The number of ether oxygens (including phenoxy) is 1. The molecule has 0 bridgehead atoms. The van der Waals surface area contributed by atoms with Gasteiger partial charge in [-0.15, -0.1) is 0 Å². The van der Waals surface area contributed by atoms with Gasteiger partial charge in [0.2, 0.25) is 0 Å². The molecule has 3 aromatic carbocycles. The van der Waals surface area contributed by atoms with Gasteiger partial charge in [0.25, 0.3) is 0 Å². The zero-order valence-electron chi connectivity index (χ0n) is 21.1. The second-order valence-electron chi connectivity index (χ2n) is 10.4. The quantitative estimate of drug-likeness (QED) is 0.219. The maximum Gasteiger partial charge on any atom is 0.338 e. The molecule has 35 heavy (non-hydrogen) atoms. The van der Waals surface area contributed by atoms with Crippen molar-refractivity contribution in [1.82, 2.24) is 0 Å². The van der Waals surface area contributed by atoms with Crippen molar-refractivity contribution >= 4 is 29.2 Å². The summed E-state index contributed by atoms with van der Waals surface area (Å²) in [7, 11) is 0. The second kappa shape index (κ2) is 9.91. The number of hydrogen-bond acceptors (Lipinski definition) is 4. The number of nitrogens with one attached hydrogen (secondary N) is 1. The van der Waals surface area contributed by atoms with Crippen molar-refractivity contribution in [2.45, 2.75) is 51.4 Å². The number of para-hydroxylation sites is 1. The van der Waals surface area contributed by atoms with Crippen LogP contribution in [0.15, 0.2) is 84.4 Å². The fourth-order valence-electron chi connectivity index (χ4n) is 4.72. The minimum atomic E-state index is -0.366. The molecule has 0 saturated carbocycles. The van der Waals surface area contributed by atoms with Crippen LogP contribution in [0.1, 0.15) is 67.6 Å².